The van der Waals surface area contributed by atoms with Crippen LogP contribution in [-0.4, -0.2) is 69.8 Å². The van der Waals surface area contributed by atoms with Crippen LogP contribution in [0, 0.1) is 10.1 Å². The molecular formula is C41H55ClN4O7Si2. The normalized spacial score (nSPS) is 19.6. The summed E-state index contributed by atoms with van der Waals surface area (Å²) >= 11 is 6.26. The van der Waals surface area contributed by atoms with Gasteiger partial charge in [0.1, 0.15) is 36.0 Å². The number of methoxy groups -OCH3 is 1. The Kier molecular flexibility index (Phi) is 12.7. The fraction of sp³-hybridized carbons (Fsp3) is 0.463. The van der Waals surface area contributed by atoms with Crippen molar-refractivity contribution in [3.8, 4) is 5.75 Å². The lowest BCUT2D eigenvalue weighted by atomic mass is 9.80. The summed E-state index contributed by atoms with van der Waals surface area (Å²) in [6.45, 7) is 21.8. The number of anilines is 1. The minimum absolute atomic E-state index is 0.0667. The van der Waals surface area contributed by atoms with Gasteiger partial charge in [0, 0.05) is 0 Å². The van der Waals surface area contributed by atoms with Gasteiger partial charge in [-0.1, -0.05) is 126 Å². The van der Waals surface area contributed by atoms with Crippen molar-refractivity contribution in [2.24, 2.45) is 0 Å². The Labute approximate surface area is 332 Å². The number of nitro groups is 1. The fourth-order valence-corrected chi connectivity index (χ4v) is 8.98. The largest absolute Gasteiger partial charge is 0.497 e. The van der Waals surface area contributed by atoms with Crippen molar-refractivity contribution in [1.29, 1.82) is 0 Å². The zero-order chi connectivity index (χ0) is 40.4. The molecule has 55 heavy (non-hydrogen) atoms. The van der Waals surface area contributed by atoms with E-state index in [2.05, 4.69) is 107 Å². The Morgan fingerprint density at radius 3 is 1.75 bits per heavy atom. The molecule has 0 saturated carbocycles. The van der Waals surface area contributed by atoms with Crippen LogP contribution in [0.15, 0.2) is 91.3 Å². The molecule has 0 spiro atoms. The minimum Gasteiger partial charge on any atom is -0.497 e. The predicted octanol–water partition coefficient (Wildman–Crippen LogP) is 9.97. The molecule has 1 fully saturated rings. The standard InChI is InChI=1S/C41H55ClN4O7Si2/c1-39(2,3)54(8,9)52-34-32(51-38(35(34)53-55(10,11)40(4,5)6)45-37-33(46(47)48)36(42)43-27-44-37)26-50-41(28-18-14-12-15-19-28,29-20-16-13-17-21-29)30-22-24-31(49-7)25-23-30/h12-25,27,32,34-35,38H,26H2,1-11H3,(H,43,44,45)/t32-,34-,35-,38-/m1/s1. The van der Waals surface area contributed by atoms with Crippen molar-refractivity contribution in [2.75, 3.05) is 19.0 Å². The monoisotopic (exact) mass is 806 g/mol. The smallest absolute Gasteiger partial charge is 0.348 e. The number of halogens is 1. The molecule has 0 bridgehead atoms. The quantitative estimate of drug-likeness (QED) is 0.0433. The van der Waals surface area contributed by atoms with E-state index in [1.807, 2.05) is 60.7 Å². The predicted molar refractivity (Wildman–Crippen MR) is 222 cm³/mol. The van der Waals surface area contributed by atoms with Crippen molar-refractivity contribution in [3.63, 3.8) is 0 Å². The molecule has 4 atom stereocenters. The summed E-state index contributed by atoms with van der Waals surface area (Å²) in [7, 11) is -3.39. The molecule has 3 aromatic carbocycles. The molecule has 4 aromatic rings. The highest BCUT2D eigenvalue weighted by Gasteiger charge is 2.55. The SMILES string of the molecule is COc1ccc(C(OC[C@H]2O[C@@H](Nc3ncnc(Cl)c3[N+](=O)[O-])[C@H](O[Si](C)(C)C(C)(C)C)[C@@H]2O[Si](C)(C)C(C)(C)C)(c2ccccc2)c2ccccc2)cc1. The van der Waals surface area contributed by atoms with Crippen LogP contribution in [0.3, 0.4) is 0 Å². The molecule has 5 rings (SSSR count). The Morgan fingerprint density at radius 2 is 1.27 bits per heavy atom. The summed E-state index contributed by atoms with van der Waals surface area (Å²) in [4.78, 5) is 19.7. The third-order valence-corrected chi connectivity index (χ3v) is 20.6. The van der Waals surface area contributed by atoms with Crippen LogP contribution >= 0.6 is 11.6 Å². The van der Waals surface area contributed by atoms with Crippen LogP contribution in [-0.2, 0) is 23.9 Å². The molecule has 11 nitrogen and oxygen atoms in total. The highest BCUT2D eigenvalue weighted by atomic mass is 35.5. The number of ether oxygens (including phenoxy) is 3. The maximum Gasteiger partial charge on any atom is 0.348 e. The lowest BCUT2D eigenvalue weighted by Gasteiger charge is -2.44. The van der Waals surface area contributed by atoms with Crippen molar-refractivity contribution in [1.82, 2.24) is 9.97 Å². The van der Waals surface area contributed by atoms with Crippen molar-refractivity contribution >= 4 is 39.7 Å². The third-order valence-electron chi connectivity index (χ3n) is 11.3. The number of nitrogens with one attached hydrogen (secondary N) is 1. The van der Waals surface area contributed by atoms with E-state index in [4.69, 9.17) is 34.7 Å². The van der Waals surface area contributed by atoms with Gasteiger partial charge in [-0.2, -0.15) is 0 Å². The van der Waals surface area contributed by atoms with Gasteiger partial charge in [0.15, 0.2) is 22.9 Å². The average Bonchev–Trinajstić information content (AvgIpc) is 3.42. The lowest BCUT2D eigenvalue weighted by molar-refractivity contribution is -0.384. The van der Waals surface area contributed by atoms with E-state index in [0.29, 0.717) is 0 Å². The van der Waals surface area contributed by atoms with Crippen LogP contribution in [0.4, 0.5) is 11.5 Å². The Morgan fingerprint density at radius 1 is 0.782 bits per heavy atom. The molecular weight excluding hydrogens is 752 g/mol. The second-order valence-electron chi connectivity index (χ2n) is 17.0. The molecule has 296 valence electrons. The molecule has 1 aliphatic heterocycles. The summed E-state index contributed by atoms with van der Waals surface area (Å²) < 4.78 is 34.4. The number of hydrogen-bond donors (Lipinski definition) is 1. The molecule has 1 N–H and O–H groups in total. The third kappa shape index (κ3) is 8.98. The Balaban J connectivity index is 1.68. The highest BCUT2D eigenvalue weighted by molar-refractivity contribution is 6.74. The van der Waals surface area contributed by atoms with Gasteiger partial charge in [0.25, 0.3) is 0 Å². The van der Waals surface area contributed by atoms with Crippen LogP contribution in [0.25, 0.3) is 0 Å². The zero-order valence-electron chi connectivity index (χ0n) is 33.8. The molecule has 14 heteroatoms. The van der Waals surface area contributed by atoms with E-state index < -0.39 is 57.4 Å². The van der Waals surface area contributed by atoms with Gasteiger partial charge in [0.2, 0.25) is 11.0 Å². The first-order valence-electron chi connectivity index (χ1n) is 18.5. The number of hydrogen-bond acceptors (Lipinski definition) is 10. The molecule has 2 heterocycles. The molecule has 1 aliphatic rings. The van der Waals surface area contributed by atoms with Crippen molar-refractivity contribution in [3.05, 3.63) is 123 Å². The zero-order valence-corrected chi connectivity index (χ0v) is 36.5. The first-order valence-corrected chi connectivity index (χ1v) is 24.7. The van der Waals surface area contributed by atoms with E-state index in [1.54, 1.807) is 7.11 Å². The van der Waals surface area contributed by atoms with E-state index in [0.717, 1.165) is 22.4 Å². The van der Waals surface area contributed by atoms with Crippen molar-refractivity contribution < 1.29 is 28.0 Å². The molecule has 0 amide bonds. The molecule has 1 aromatic heterocycles. The first-order chi connectivity index (χ1) is 25.7. The van der Waals surface area contributed by atoms with E-state index in [-0.39, 0.29) is 27.7 Å². The Bertz CT molecular complexity index is 1870. The average molecular weight is 808 g/mol. The van der Waals surface area contributed by atoms with Gasteiger partial charge < -0.3 is 28.4 Å². The maximum absolute atomic E-state index is 12.2. The minimum atomic E-state index is -2.52. The maximum atomic E-state index is 12.2. The van der Waals surface area contributed by atoms with Crippen LogP contribution in [0.2, 0.25) is 41.4 Å². The highest BCUT2D eigenvalue weighted by Crippen LogP contribution is 2.46. The second-order valence-corrected chi connectivity index (χ2v) is 26.9. The molecule has 0 unspecified atom stereocenters. The van der Waals surface area contributed by atoms with Crippen LogP contribution in [0.5, 0.6) is 5.75 Å². The number of aromatic nitrogens is 2. The van der Waals surface area contributed by atoms with Gasteiger partial charge in [-0.3, -0.25) is 10.1 Å². The number of nitrogens with zero attached hydrogens (tertiary/aromatic N) is 3. The van der Waals surface area contributed by atoms with Gasteiger partial charge in [-0.25, -0.2) is 9.97 Å². The van der Waals surface area contributed by atoms with Crippen LogP contribution < -0.4 is 10.1 Å². The fourth-order valence-electron chi connectivity index (χ4n) is 6.17. The van der Waals surface area contributed by atoms with E-state index >= 15 is 0 Å². The van der Waals surface area contributed by atoms with Crippen LogP contribution in [0.1, 0.15) is 58.2 Å². The van der Waals surface area contributed by atoms with E-state index in [1.165, 1.54) is 6.33 Å². The molecule has 1 saturated heterocycles. The summed E-state index contributed by atoms with van der Waals surface area (Å²) in [5.41, 5.74) is 1.19. The van der Waals surface area contributed by atoms with Gasteiger partial charge >= 0.3 is 5.69 Å². The van der Waals surface area contributed by atoms with Gasteiger partial charge in [0.05, 0.1) is 18.6 Å². The van der Waals surface area contributed by atoms with Crippen molar-refractivity contribution in [2.45, 2.75) is 108 Å². The van der Waals surface area contributed by atoms with E-state index in [9.17, 15) is 10.1 Å². The second kappa shape index (κ2) is 16.4. The lowest BCUT2D eigenvalue weighted by Crippen LogP contribution is -2.55. The molecule has 0 radical (unpaired) electrons. The van der Waals surface area contributed by atoms with Gasteiger partial charge in [-0.05, 0) is 65.1 Å². The Hall–Kier alpha value is -3.70. The number of benzene rings is 3. The summed E-state index contributed by atoms with van der Waals surface area (Å²) in [6, 6.07) is 28.1. The summed E-state index contributed by atoms with van der Waals surface area (Å²) in [5.74, 6) is 0.645. The topological polar surface area (TPSA) is 127 Å². The van der Waals surface area contributed by atoms with Gasteiger partial charge in [-0.15, -0.1) is 0 Å². The number of rotatable bonds is 14. The molecule has 0 aliphatic carbocycles. The summed E-state index contributed by atoms with van der Waals surface area (Å²) in [6.07, 6.45) is -1.78. The summed E-state index contributed by atoms with van der Waals surface area (Å²) in [5, 5.41) is 14.8. The first kappa shape index (κ1) is 42.4.